The van der Waals surface area contributed by atoms with E-state index in [1.54, 1.807) is 0 Å². The summed E-state index contributed by atoms with van der Waals surface area (Å²) in [5.41, 5.74) is 0. The Labute approximate surface area is 53.8 Å². The van der Waals surface area contributed by atoms with Gasteiger partial charge in [0.2, 0.25) is 0 Å². The Hall–Kier alpha value is 0.648. The van der Waals surface area contributed by atoms with Crippen LogP contribution in [0.15, 0.2) is 0 Å². The van der Waals surface area contributed by atoms with Crippen molar-refractivity contribution in [2.24, 2.45) is 0 Å². The first-order valence-electron chi connectivity index (χ1n) is 2.05. The van der Waals surface area contributed by atoms with E-state index in [0.29, 0.717) is 0 Å². The Bertz CT molecular complexity index is 15.0. The molecule has 0 radical (unpaired) electrons. The van der Waals surface area contributed by atoms with Crippen molar-refractivity contribution in [2.45, 2.75) is 13.8 Å². The van der Waals surface area contributed by atoms with Crippen molar-refractivity contribution in [1.82, 2.24) is 0 Å². The summed E-state index contributed by atoms with van der Waals surface area (Å²) in [6, 6.07) is 0. The average molecular weight is 168 g/mol. The van der Waals surface area contributed by atoms with Gasteiger partial charge in [-0.05, 0) is 0 Å². The zero-order valence-corrected chi connectivity index (χ0v) is 6.28. The van der Waals surface area contributed by atoms with Gasteiger partial charge in [0.25, 0.3) is 0 Å². The van der Waals surface area contributed by atoms with E-state index >= 15 is 0 Å². The van der Waals surface area contributed by atoms with Crippen molar-refractivity contribution >= 4 is 0 Å². The summed E-state index contributed by atoms with van der Waals surface area (Å²) in [5, 5.41) is 3.97. The van der Waals surface area contributed by atoms with Crippen molar-refractivity contribution in [2.75, 3.05) is 13.1 Å². The van der Waals surface area contributed by atoms with E-state index in [1.165, 1.54) is 0 Å². The number of hydrogen-bond acceptors (Lipinski definition) is 0. The largest absolute Gasteiger partial charge is 0.663 e. The van der Waals surface area contributed by atoms with Gasteiger partial charge in [-0.25, -0.2) is 0 Å². The van der Waals surface area contributed by atoms with Gasteiger partial charge in [0.1, 0.15) is 0 Å². The van der Waals surface area contributed by atoms with E-state index < -0.39 is 0 Å². The maximum absolute atomic E-state index is 3.97. The molecule has 0 aromatic rings. The first kappa shape index (κ1) is 9.82. The molecule has 0 aliphatic rings. The molecule has 0 fully saturated rings. The third kappa shape index (κ3) is 8.82. The van der Waals surface area contributed by atoms with Crippen LogP contribution >= 0.6 is 0 Å². The maximum Gasteiger partial charge on any atom is 0 e. The summed E-state index contributed by atoms with van der Waals surface area (Å²) in [4.78, 5) is 0. The minimum Gasteiger partial charge on any atom is -0.663 e. The van der Waals surface area contributed by atoms with Gasteiger partial charge in [-0.2, -0.15) is 13.1 Å². The van der Waals surface area contributed by atoms with Gasteiger partial charge in [0.15, 0.2) is 0 Å². The van der Waals surface area contributed by atoms with Gasteiger partial charge in [-0.1, -0.05) is 13.8 Å². The standard InChI is InChI=1S/C4H10N.Mo/c1-3-5-4-2;/h3-4H2,1-2H3;/q-1;. The molecular formula is C4H10MoN-. The smallest absolute Gasteiger partial charge is 0 e. The zero-order chi connectivity index (χ0) is 4.12. The molecule has 0 aliphatic carbocycles. The van der Waals surface area contributed by atoms with Gasteiger partial charge in [0.05, 0.1) is 0 Å². The molecule has 0 N–H and O–H groups in total. The van der Waals surface area contributed by atoms with Crippen LogP contribution in [0.3, 0.4) is 0 Å². The van der Waals surface area contributed by atoms with Crippen LogP contribution < -0.4 is 0 Å². The molecule has 0 aliphatic heterocycles. The second-order valence-corrected chi connectivity index (χ2v) is 0.856. The third-order valence-corrected chi connectivity index (χ3v) is 0.447. The predicted octanol–water partition coefficient (Wildman–Crippen LogP) is 1.40. The van der Waals surface area contributed by atoms with E-state index in [2.05, 4.69) is 5.32 Å². The summed E-state index contributed by atoms with van der Waals surface area (Å²) in [5.74, 6) is 0. The molecule has 0 rings (SSSR count). The molecule has 0 unspecified atom stereocenters. The fraction of sp³-hybridized carbons (Fsp3) is 1.00. The fourth-order valence-electron chi connectivity index (χ4n) is 0.224. The molecule has 38 valence electrons. The molecule has 1 nitrogen and oxygen atoms in total. The van der Waals surface area contributed by atoms with E-state index in [-0.39, 0.29) is 21.1 Å². The molecule has 0 bridgehead atoms. The summed E-state index contributed by atoms with van der Waals surface area (Å²) in [6.45, 7) is 6.03. The zero-order valence-electron chi connectivity index (χ0n) is 4.27. The van der Waals surface area contributed by atoms with Gasteiger partial charge in [-0.3, -0.25) is 0 Å². The van der Waals surface area contributed by atoms with Crippen LogP contribution in [0.25, 0.3) is 5.32 Å². The molecule has 0 atom stereocenters. The monoisotopic (exact) mass is 170 g/mol. The minimum absolute atomic E-state index is 0. The van der Waals surface area contributed by atoms with Crippen molar-refractivity contribution < 1.29 is 21.1 Å². The molecule has 0 aromatic heterocycles. The molecule has 0 saturated heterocycles. The summed E-state index contributed by atoms with van der Waals surface area (Å²) < 4.78 is 0. The SMILES string of the molecule is CC[N-]CC.[Mo]. The molecular weight excluding hydrogens is 158 g/mol. The molecule has 0 heterocycles. The fourth-order valence-corrected chi connectivity index (χ4v) is 0.224. The first-order valence-corrected chi connectivity index (χ1v) is 2.05. The Balaban J connectivity index is 0. The second kappa shape index (κ2) is 9.17. The first-order chi connectivity index (χ1) is 2.41. The summed E-state index contributed by atoms with van der Waals surface area (Å²) >= 11 is 0. The van der Waals surface area contributed by atoms with E-state index in [4.69, 9.17) is 0 Å². The van der Waals surface area contributed by atoms with Crippen molar-refractivity contribution in [1.29, 1.82) is 0 Å². The van der Waals surface area contributed by atoms with Gasteiger partial charge in [-0.15, -0.1) is 0 Å². The van der Waals surface area contributed by atoms with Crippen LogP contribution in [0.5, 0.6) is 0 Å². The topological polar surface area (TPSA) is 14.1 Å². The third-order valence-electron chi connectivity index (χ3n) is 0.447. The Morgan fingerprint density at radius 3 is 1.50 bits per heavy atom. The Morgan fingerprint density at radius 1 is 1.17 bits per heavy atom. The Kier molecular flexibility index (Phi) is 15.0. The molecule has 0 amide bonds. The van der Waals surface area contributed by atoms with Crippen LogP contribution in [0.1, 0.15) is 13.8 Å². The van der Waals surface area contributed by atoms with Crippen LogP contribution in [0.2, 0.25) is 0 Å². The number of nitrogens with zero attached hydrogens (tertiary/aromatic N) is 1. The van der Waals surface area contributed by atoms with Gasteiger partial charge < -0.3 is 5.32 Å². The van der Waals surface area contributed by atoms with Crippen molar-refractivity contribution in [3.05, 3.63) is 5.32 Å². The summed E-state index contributed by atoms with van der Waals surface area (Å²) in [6.07, 6.45) is 0. The van der Waals surface area contributed by atoms with E-state index in [0.717, 1.165) is 13.1 Å². The average Bonchev–Trinajstić information content (AvgIpc) is 1.41. The van der Waals surface area contributed by atoms with Gasteiger partial charge >= 0.3 is 0 Å². The van der Waals surface area contributed by atoms with E-state index in [1.807, 2.05) is 13.8 Å². The normalized spacial score (nSPS) is 7.00. The van der Waals surface area contributed by atoms with Crippen LogP contribution in [0, 0.1) is 0 Å². The van der Waals surface area contributed by atoms with Gasteiger partial charge in [0, 0.05) is 21.1 Å². The molecule has 0 saturated carbocycles. The minimum atomic E-state index is 0. The molecule has 2 heteroatoms. The van der Waals surface area contributed by atoms with Crippen LogP contribution in [-0.2, 0) is 21.1 Å². The number of hydrogen-bond donors (Lipinski definition) is 0. The molecule has 0 spiro atoms. The maximum atomic E-state index is 3.97. The van der Waals surface area contributed by atoms with Crippen molar-refractivity contribution in [3.8, 4) is 0 Å². The molecule has 6 heavy (non-hydrogen) atoms. The quantitative estimate of drug-likeness (QED) is 0.553. The van der Waals surface area contributed by atoms with Crippen LogP contribution in [0.4, 0.5) is 0 Å². The van der Waals surface area contributed by atoms with E-state index in [9.17, 15) is 0 Å². The summed E-state index contributed by atoms with van der Waals surface area (Å²) in [7, 11) is 0. The number of rotatable bonds is 2. The van der Waals surface area contributed by atoms with Crippen LogP contribution in [-0.4, -0.2) is 13.1 Å². The Morgan fingerprint density at radius 2 is 1.50 bits per heavy atom. The second-order valence-electron chi connectivity index (χ2n) is 0.856. The van der Waals surface area contributed by atoms with Crippen molar-refractivity contribution in [3.63, 3.8) is 0 Å². The predicted molar refractivity (Wildman–Crippen MR) is 24.4 cm³/mol. The molecule has 0 aromatic carbocycles.